The Morgan fingerprint density at radius 1 is 0.969 bits per heavy atom. The van der Waals surface area contributed by atoms with Crippen molar-refractivity contribution in [3.05, 3.63) is 70.8 Å². The minimum atomic E-state index is -0.0461. The van der Waals surface area contributed by atoms with Gasteiger partial charge in [0, 0.05) is 51.9 Å². The molecule has 8 heteroatoms. The number of ether oxygens (including phenoxy) is 1. The van der Waals surface area contributed by atoms with E-state index in [1.54, 1.807) is 7.05 Å². The summed E-state index contributed by atoms with van der Waals surface area (Å²) < 4.78 is 5.46. The fourth-order valence-electron chi connectivity index (χ4n) is 3.51. The van der Waals surface area contributed by atoms with Gasteiger partial charge in [-0.25, -0.2) is 0 Å². The maximum Gasteiger partial charge on any atom is 0.251 e. The van der Waals surface area contributed by atoms with Crippen molar-refractivity contribution in [2.24, 2.45) is 4.99 Å². The van der Waals surface area contributed by atoms with Crippen LogP contribution < -0.4 is 16.0 Å². The Balaban J connectivity index is 0.00000363. The Morgan fingerprint density at radius 3 is 2.28 bits per heavy atom. The SMILES string of the molecule is CCNC(=O)c1ccc(CNC(=NC)NCc2ccccc2CN2CCOCC2)cc1.I. The molecular weight excluding hydrogens is 517 g/mol. The lowest BCUT2D eigenvalue weighted by Crippen LogP contribution is -2.37. The van der Waals surface area contributed by atoms with Crippen molar-refractivity contribution < 1.29 is 9.53 Å². The van der Waals surface area contributed by atoms with Gasteiger partial charge in [-0.05, 0) is 35.7 Å². The topological polar surface area (TPSA) is 78.0 Å². The molecule has 0 unspecified atom stereocenters. The average molecular weight is 551 g/mol. The third-order valence-electron chi connectivity index (χ3n) is 5.30. The van der Waals surface area contributed by atoms with E-state index in [0.717, 1.165) is 44.4 Å². The van der Waals surface area contributed by atoms with E-state index in [1.165, 1.54) is 11.1 Å². The van der Waals surface area contributed by atoms with Crippen LogP contribution in [0.15, 0.2) is 53.5 Å². The number of hydrogen-bond donors (Lipinski definition) is 3. The molecule has 32 heavy (non-hydrogen) atoms. The Labute approximate surface area is 208 Å². The first-order valence-electron chi connectivity index (χ1n) is 10.9. The van der Waals surface area contributed by atoms with Gasteiger partial charge in [0.1, 0.15) is 0 Å². The van der Waals surface area contributed by atoms with E-state index in [9.17, 15) is 4.79 Å². The number of carbonyl (C=O) groups excluding carboxylic acids is 1. The Bertz CT molecular complexity index is 867. The second-order valence-corrected chi connectivity index (χ2v) is 7.49. The van der Waals surface area contributed by atoms with Crippen molar-refractivity contribution in [3.8, 4) is 0 Å². The molecule has 1 amide bonds. The lowest BCUT2D eigenvalue weighted by molar-refractivity contribution is 0.0341. The van der Waals surface area contributed by atoms with Gasteiger partial charge in [-0.15, -0.1) is 24.0 Å². The van der Waals surface area contributed by atoms with Crippen molar-refractivity contribution in [1.29, 1.82) is 0 Å². The zero-order valence-corrected chi connectivity index (χ0v) is 21.2. The molecule has 0 spiro atoms. The number of aliphatic imine (C=N–C) groups is 1. The molecule has 7 nitrogen and oxygen atoms in total. The van der Waals surface area contributed by atoms with Crippen LogP contribution in [0.1, 0.15) is 34.0 Å². The molecule has 1 aliphatic heterocycles. The van der Waals surface area contributed by atoms with Crippen molar-refractivity contribution >= 4 is 35.8 Å². The molecule has 0 aliphatic carbocycles. The second-order valence-electron chi connectivity index (χ2n) is 7.49. The summed E-state index contributed by atoms with van der Waals surface area (Å²) in [7, 11) is 1.77. The van der Waals surface area contributed by atoms with Crippen molar-refractivity contribution in [3.63, 3.8) is 0 Å². The molecule has 1 heterocycles. The van der Waals surface area contributed by atoms with E-state index < -0.39 is 0 Å². The zero-order chi connectivity index (χ0) is 21.9. The van der Waals surface area contributed by atoms with E-state index in [2.05, 4.69) is 50.1 Å². The molecular formula is C24H34IN5O2. The standard InChI is InChI=1S/C24H33N5O2.HI/c1-3-26-23(30)20-10-8-19(9-11-20)16-27-24(25-2)28-17-21-6-4-5-7-22(21)18-29-12-14-31-15-13-29;/h4-11H,3,12-18H2,1-2H3,(H,26,30)(H2,25,27,28);1H. The molecule has 1 aliphatic rings. The number of guanidine groups is 1. The lowest BCUT2D eigenvalue weighted by Gasteiger charge is -2.27. The monoisotopic (exact) mass is 551 g/mol. The molecule has 174 valence electrons. The predicted molar refractivity (Wildman–Crippen MR) is 139 cm³/mol. The van der Waals surface area contributed by atoms with Crippen LogP contribution >= 0.6 is 24.0 Å². The van der Waals surface area contributed by atoms with Crippen molar-refractivity contribution in [2.75, 3.05) is 39.9 Å². The first-order chi connectivity index (χ1) is 15.2. The minimum absolute atomic E-state index is 0. The van der Waals surface area contributed by atoms with Crippen LogP contribution in [0.4, 0.5) is 0 Å². The summed E-state index contributed by atoms with van der Waals surface area (Å²) in [4.78, 5) is 18.6. The van der Waals surface area contributed by atoms with E-state index >= 15 is 0 Å². The van der Waals surface area contributed by atoms with Gasteiger partial charge in [-0.3, -0.25) is 14.7 Å². The predicted octanol–water partition coefficient (Wildman–Crippen LogP) is 2.75. The van der Waals surface area contributed by atoms with Crippen LogP contribution in [-0.4, -0.2) is 56.7 Å². The molecule has 2 aromatic carbocycles. The number of rotatable bonds is 8. The van der Waals surface area contributed by atoms with E-state index in [0.29, 0.717) is 25.2 Å². The van der Waals surface area contributed by atoms with Gasteiger partial charge in [-0.1, -0.05) is 36.4 Å². The van der Waals surface area contributed by atoms with E-state index in [1.807, 2.05) is 31.2 Å². The number of halogens is 1. The van der Waals surface area contributed by atoms with Crippen molar-refractivity contribution in [1.82, 2.24) is 20.9 Å². The van der Waals surface area contributed by atoms with Gasteiger partial charge in [0.05, 0.1) is 13.2 Å². The second kappa shape index (κ2) is 14.1. The van der Waals surface area contributed by atoms with Crippen LogP contribution in [0.25, 0.3) is 0 Å². The highest BCUT2D eigenvalue weighted by molar-refractivity contribution is 14.0. The highest BCUT2D eigenvalue weighted by Crippen LogP contribution is 2.13. The zero-order valence-electron chi connectivity index (χ0n) is 18.9. The van der Waals surface area contributed by atoms with Crippen LogP contribution in [0.2, 0.25) is 0 Å². The molecule has 2 aromatic rings. The first-order valence-corrected chi connectivity index (χ1v) is 10.9. The molecule has 0 radical (unpaired) electrons. The van der Waals surface area contributed by atoms with E-state index in [-0.39, 0.29) is 29.9 Å². The maximum absolute atomic E-state index is 11.9. The third-order valence-corrected chi connectivity index (χ3v) is 5.30. The van der Waals surface area contributed by atoms with Gasteiger partial charge >= 0.3 is 0 Å². The summed E-state index contributed by atoms with van der Waals surface area (Å²) in [6, 6.07) is 16.1. The highest BCUT2D eigenvalue weighted by Gasteiger charge is 2.13. The average Bonchev–Trinajstić information content (AvgIpc) is 2.81. The fraction of sp³-hybridized carbons (Fsp3) is 0.417. The number of morpholine rings is 1. The summed E-state index contributed by atoms with van der Waals surface area (Å²) >= 11 is 0. The van der Waals surface area contributed by atoms with Gasteiger partial charge in [0.2, 0.25) is 0 Å². The molecule has 1 fully saturated rings. The molecule has 0 atom stereocenters. The number of amides is 1. The molecule has 1 saturated heterocycles. The number of nitrogens with one attached hydrogen (secondary N) is 3. The van der Waals surface area contributed by atoms with Crippen LogP contribution in [0.5, 0.6) is 0 Å². The van der Waals surface area contributed by atoms with E-state index in [4.69, 9.17) is 4.74 Å². The summed E-state index contributed by atoms with van der Waals surface area (Å²) in [5, 5.41) is 9.56. The summed E-state index contributed by atoms with van der Waals surface area (Å²) in [6.07, 6.45) is 0. The van der Waals surface area contributed by atoms with Gasteiger partial charge in [0.15, 0.2) is 5.96 Å². The summed E-state index contributed by atoms with van der Waals surface area (Å²) in [5.74, 6) is 0.698. The smallest absolute Gasteiger partial charge is 0.251 e. The lowest BCUT2D eigenvalue weighted by atomic mass is 10.1. The summed E-state index contributed by atoms with van der Waals surface area (Å²) in [5.41, 5.74) is 4.35. The normalized spacial score (nSPS) is 14.4. The Morgan fingerprint density at radius 2 is 1.62 bits per heavy atom. The minimum Gasteiger partial charge on any atom is -0.379 e. The van der Waals surface area contributed by atoms with Crippen LogP contribution in [0.3, 0.4) is 0 Å². The number of hydrogen-bond acceptors (Lipinski definition) is 4. The quantitative estimate of drug-likeness (QED) is 0.267. The number of carbonyl (C=O) groups is 1. The maximum atomic E-state index is 11.9. The number of nitrogens with zero attached hydrogens (tertiary/aromatic N) is 2. The molecule has 3 rings (SSSR count). The summed E-state index contributed by atoms with van der Waals surface area (Å²) in [6.45, 7) is 8.37. The van der Waals surface area contributed by atoms with Crippen molar-refractivity contribution in [2.45, 2.75) is 26.6 Å². The Kier molecular flexibility index (Phi) is 11.5. The Hall–Kier alpha value is -2.17. The molecule has 0 saturated carbocycles. The van der Waals surface area contributed by atoms with Crippen LogP contribution in [0, 0.1) is 0 Å². The molecule has 0 bridgehead atoms. The van der Waals surface area contributed by atoms with Gasteiger partial charge < -0.3 is 20.7 Å². The van der Waals surface area contributed by atoms with Crippen LogP contribution in [-0.2, 0) is 24.4 Å². The van der Waals surface area contributed by atoms with Gasteiger partial charge in [0.25, 0.3) is 5.91 Å². The first kappa shape index (κ1) is 26.1. The fourth-order valence-corrected chi connectivity index (χ4v) is 3.51. The highest BCUT2D eigenvalue weighted by atomic mass is 127. The molecule has 3 N–H and O–H groups in total. The number of benzene rings is 2. The largest absolute Gasteiger partial charge is 0.379 e. The van der Waals surface area contributed by atoms with Gasteiger partial charge in [-0.2, -0.15) is 0 Å². The molecule has 0 aromatic heterocycles. The third kappa shape index (κ3) is 8.07.